The van der Waals surface area contributed by atoms with Gasteiger partial charge in [-0.05, 0) is 25.1 Å². The molecular weight excluding hydrogens is 220 g/mol. The average molecular weight is 238 g/mol. The topological polar surface area (TPSA) is 103 Å². The monoisotopic (exact) mass is 238 g/mol. The summed E-state index contributed by atoms with van der Waals surface area (Å²) in [6, 6.07) is 3.49. The zero-order chi connectivity index (χ0) is 12.7. The SMILES string of the molecule is COCC(CCN)Nc1ccnc(C(N)=O)c1. The second-order valence-electron chi connectivity index (χ2n) is 3.67. The van der Waals surface area contributed by atoms with E-state index in [9.17, 15) is 4.79 Å². The van der Waals surface area contributed by atoms with Gasteiger partial charge in [-0.2, -0.15) is 0 Å². The lowest BCUT2D eigenvalue weighted by Gasteiger charge is -2.18. The van der Waals surface area contributed by atoms with Crippen molar-refractivity contribution in [2.24, 2.45) is 11.5 Å². The van der Waals surface area contributed by atoms with Crippen molar-refractivity contribution in [3.8, 4) is 0 Å². The maximum atomic E-state index is 11.0. The smallest absolute Gasteiger partial charge is 0.267 e. The van der Waals surface area contributed by atoms with Gasteiger partial charge in [0.15, 0.2) is 0 Å². The minimum atomic E-state index is -0.546. The fourth-order valence-corrected chi connectivity index (χ4v) is 1.49. The normalized spacial score (nSPS) is 12.1. The van der Waals surface area contributed by atoms with E-state index < -0.39 is 5.91 Å². The van der Waals surface area contributed by atoms with E-state index >= 15 is 0 Å². The number of aromatic nitrogens is 1. The van der Waals surface area contributed by atoms with Gasteiger partial charge in [0.05, 0.1) is 12.6 Å². The molecule has 0 spiro atoms. The van der Waals surface area contributed by atoms with Gasteiger partial charge in [0, 0.05) is 19.0 Å². The van der Waals surface area contributed by atoms with Gasteiger partial charge in [-0.15, -0.1) is 0 Å². The highest BCUT2D eigenvalue weighted by Gasteiger charge is 2.09. The van der Waals surface area contributed by atoms with E-state index in [-0.39, 0.29) is 11.7 Å². The first-order valence-electron chi connectivity index (χ1n) is 5.38. The summed E-state index contributed by atoms with van der Waals surface area (Å²) in [4.78, 5) is 14.8. The van der Waals surface area contributed by atoms with Crippen LogP contribution in [0.4, 0.5) is 5.69 Å². The van der Waals surface area contributed by atoms with Crippen molar-refractivity contribution in [3.05, 3.63) is 24.0 Å². The van der Waals surface area contributed by atoms with Crippen LogP contribution in [0.5, 0.6) is 0 Å². The van der Waals surface area contributed by atoms with Crippen LogP contribution in [0.3, 0.4) is 0 Å². The molecule has 0 aliphatic heterocycles. The van der Waals surface area contributed by atoms with E-state index in [1.807, 2.05) is 0 Å². The van der Waals surface area contributed by atoms with Crippen LogP contribution >= 0.6 is 0 Å². The van der Waals surface area contributed by atoms with Crippen LogP contribution in [0, 0.1) is 0 Å². The Hall–Kier alpha value is -1.66. The predicted octanol–water partition coefficient (Wildman–Crippen LogP) is -0.0438. The third-order valence-electron chi connectivity index (χ3n) is 2.27. The molecule has 1 atom stereocenters. The van der Waals surface area contributed by atoms with E-state index in [1.165, 1.54) is 6.20 Å². The summed E-state index contributed by atoms with van der Waals surface area (Å²) < 4.78 is 5.08. The van der Waals surface area contributed by atoms with E-state index in [4.69, 9.17) is 16.2 Å². The molecule has 1 unspecified atom stereocenters. The highest BCUT2D eigenvalue weighted by Crippen LogP contribution is 2.10. The third-order valence-corrected chi connectivity index (χ3v) is 2.27. The van der Waals surface area contributed by atoms with Crippen molar-refractivity contribution in [3.63, 3.8) is 0 Å². The Bertz CT molecular complexity index is 364. The third kappa shape index (κ3) is 4.38. The van der Waals surface area contributed by atoms with Crippen molar-refractivity contribution in [1.82, 2.24) is 4.98 Å². The van der Waals surface area contributed by atoms with E-state index in [0.29, 0.717) is 13.2 Å². The number of hydrogen-bond donors (Lipinski definition) is 3. The highest BCUT2D eigenvalue weighted by atomic mass is 16.5. The van der Waals surface area contributed by atoms with Crippen molar-refractivity contribution >= 4 is 11.6 Å². The number of carbonyl (C=O) groups is 1. The highest BCUT2D eigenvalue weighted by molar-refractivity contribution is 5.91. The van der Waals surface area contributed by atoms with Gasteiger partial charge in [-0.25, -0.2) is 0 Å². The second kappa shape index (κ2) is 6.82. The molecule has 0 radical (unpaired) electrons. The van der Waals surface area contributed by atoms with Crippen LogP contribution in [-0.4, -0.2) is 37.2 Å². The number of pyridine rings is 1. The molecule has 94 valence electrons. The van der Waals surface area contributed by atoms with E-state index in [0.717, 1.165) is 12.1 Å². The molecule has 6 nitrogen and oxygen atoms in total. The van der Waals surface area contributed by atoms with Gasteiger partial charge in [0.25, 0.3) is 5.91 Å². The van der Waals surface area contributed by atoms with Gasteiger partial charge in [0.1, 0.15) is 5.69 Å². The van der Waals surface area contributed by atoms with Crippen LogP contribution in [0.1, 0.15) is 16.9 Å². The van der Waals surface area contributed by atoms with Crippen LogP contribution in [-0.2, 0) is 4.74 Å². The van der Waals surface area contributed by atoms with Crippen molar-refractivity contribution < 1.29 is 9.53 Å². The van der Waals surface area contributed by atoms with Gasteiger partial charge in [-0.3, -0.25) is 9.78 Å². The van der Waals surface area contributed by atoms with E-state index in [2.05, 4.69) is 10.3 Å². The quantitative estimate of drug-likeness (QED) is 0.618. The number of nitrogens with one attached hydrogen (secondary N) is 1. The molecule has 1 aromatic rings. The summed E-state index contributed by atoms with van der Waals surface area (Å²) in [6.07, 6.45) is 2.32. The second-order valence-corrected chi connectivity index (χ2v) is 3.67. The number of amides is 1. The Labute approximate surface area is 100 Å². The lowest BCUT2D eigenvalue weighted by molar-refractivity contribution is 0.0995. The minimum absolute atomic E-state index is 0.105. The number of primary amides is 1. The standard InChI is InChI=1S/C11H18N4O2/c1-17-7-9(2-4-12)15-8-3-5-14-10(6-8)11(13)16/h3,5-6,9H,2,4,7,12H2,1H3,(H2,13,16)(H,14,15). The first-order valence-corrected chi connectivity index (χ1v) is 5.38. The van der Waals surface area contributed by atoms with Crippen molar-refractivity contribution in [2.45, 2.75) is 12.5 Å². The van der Waals surface area contributed by atoms with E-state index in [1.54, 1.807) is 19.2 Å². The molecule has 0 fully saturated rings. The van der Waals surface area contributed by atoms with Crippen LogP contribution in [0.2, 0.25) is 0 Å². The summed E-state index contributed by atoms with van der Waals surface area (Å²) >= 11 is 0. The molecule has 17 heavy (non-hydrogen) atoms. The summed E-state index contributed by atoms with van der Waals surface area (Å²) in [5, 5.41) is 3.22. The molecule has 1 amide bonds. The predicted molar refractivity (Wildman–Crippen MR) is 65.7 cm³/mol. The lowest BCUT2D eigenvalue weighted by atomic mass is 10.2. The number of rotatable bonds is 7. The summed E-state index contributed by atoms with van der Waals surface area (Å²) in [5.41, 5.74) is 11.7. The number of hydrogen-bond acceptors (Lipinski definition) is 5. The number of methoxy groups -OCH3 is 1. The molecule has 0 saturated heterocycles. The Kier molecular flexibility index (Phi) is 5.38. The fourth-order valence-electron chi connectivity index (χ4n) is 1.49. The maximum Gasteiger partial charge on any atom is 0.267 e. The minimum Gasteiger partial charge on any atom is -0.383 e. The number of nitrogens with zero attached hydrogens (tertiary/aromatic N) is 1. The first-order chi connectivity index (χ1) is 8.17. The molecule has 0 saturated carbocycles. The molecule has 0 aromatic carbocycles. The van der Waals surface area contributed by atoms with Crippen molar-refractivity contribution in [2.75, 3.05) is 25.6 Å². The molecule has 0 aliphatic carbocycles. The molecule has 6 heteroatoms. The Morgan fingerprint density at radius 2 is 2.41 bits per heavy atom. The number of ether oxygens (including phenoxy) is 1. The molecule has 1 rings (SSSR count). The fraction of sp³-hybridized carbons (Fsp3) is 0.455. The van der Waals surface area contributed by atoms with Crippen LogP contribution in [0.25, 0.3) is 0 Å². The number of carbonyl (C=O) groups excluding carboxylic acids is 1. The summed E-state index contributed by atoms with van der Waals surface area (Å²) in [5.74, 6) is -0.546. The molecular formula is C11H18N4O2. The summed E-state index contributed by atoms with van der Waals surface area (Å²) in [7, 11) is 1.63. The summed E-state index contributed by atoms with van der Waals surface area (Å²) in [6.45, 7) is 1.11. The maximum absolute atomic E-state index is 11.0. The zero-order valence-corrected chi connectivity index (χ0v) is 9.85. The number of anilines is 1. The largest absolute Gasteiger partial charge is 0.383 e. The average Bonchev–Trinajstić information content (AvgIpc) is 2.30. The van der Waals surface area contributed by atoms with Gasteiger partial charge in [0.2, 0.25) is 0 Å². The van der Waals surface area contributed by atoms with Crippen LogP contribution < -0.4 is 16.8 Å². The molecule has 5 N–H and O–H groups in total. The first kappa shape index (κ1) is 13.4. The Balaban J connectivity index is 2.71. The van der Waals surface area contributed by atoms with Crippen molar-refractivity contribution in [1.29, 1.82) is 0 Å². The molecule has 1 heterocycles. The van der Waals surface area contributed by atoms with Gasteiger partial charge in [-0.1, -0.05) is 0 Å². The number of nitrogens with two attached hydrogens (primary N) is 2. The van der Waals surface area contributed by atoms with Gasteiger partial charge >= 0.3 is 0 Å². The molecule has 0 aliphatic rings. The zero-order valence-electron chi connectivity index (χ0n) is 9.85. The molecule has 1 aromatic heterocycles. The molecule has 0 bridgehead atoms. The Morgan fingerprint density at radius 3 is 3.00 bits per heavy atom. The van der Waals surface area contributed by atoms with Crippen LogP contribution in [0.15, 0.2) is 18.3 Å². The lowest BCUT2D eigenvalue weighted by Crippen LogP contribution is -2.28. The Morgan fingerprint density at radius 1 is 1.65 bits per heavy atom. The van der Waals surface area contributed by atoms with Gasteiger partial charge < -0.3 is 21.5 Å².